The van der Waals surface area contributed by atoms with E-state index in [1.807, 2.05) is 12.1 Å². The number of nitriles is 1. The molecule has 0 fully saturated rings. The maximum absolute atomic E-state index is 12.8. The standard InChI is InChI=1S/C22H16BrN3O3/c23-18-7-5-17(6-8-18)22(27)13-21(16-3-1-15(14-24)2-4-16)25-19-9-11-20(12-10-19)26(28)29/h1-12,21,25H,13H2. The molecule has 0 saturated carbocycles. The zero-order chi connectivity index (χ0) is 20.8. The summed E-state index contributed by atoms with van der Waals surface area (Å²) in [6.07, 6.45) is 0.185. The predicted molar refractivity (Wildman–Crippen MR) is 114 cm³/mol. The number of hydrogen-bond acceptors (Lipinski definition) is 5. The molecule has 1 N–H and O–H groups in total. The maximum atomic E-state index is 12.8. The molecule has 3 aromatic carbocycles. The fourth-order valence-electron chi connectivity index (χ4n) is 2.86. The summed E-state index contributed by atoms with van der Waals surface area (Å²) < 4.78 is 0.890. The summed E-state index contributed by atoms with van der Waals surface area (Å²) in [4.78, 5) is 23.2. The molecule has 0 aliphatic heterocycles. The lowest BCUT2D eigenvalue weighted by Crippen LogP contribution is -2.16. The Morgan fingerprint density at radius 2 is 1.66 bits per heavy atom. The smallest absolute Gasteiger partial charge is 0.269 e. The van der Waals surface area contributed by atoms with Gasteiger partial charge in [0.05, 0.1) is 22.6 Å². The molecule has 144 valence electrons. The highest BCUT2D eigenvalue weighted by Gasteiger charge is 2.18. The summed E-state index contributed by atoms with van der Waals surface area (Å²) in [5.74, 6) is -0.0405. The summed E-state index contributed by atoms with van der Waals surface area (Å²) in [6.45, 7) is 0. The third-order valence-electron chi connectivity index (χ3n) is 4.42. The summed E-state index contributed by atoms with van der Waals surface area (Å²) >= 11 is 3.36. The lowest BCUT2D eigenvalue weighted by Gasteiger charge is -2.20. The van der Waals surface area contributed by atoms with Gasteiger partial charge in [0.2, 0.25) is 0 Å². The fraction of sp³-hybridized carbons (Fsp3) is 0.0909. The first-order valence-electron chi connectivity index (χ1n) is 8.76. The Kier molecular flexibility index (Phi) is 6.37. The van der Waals surface area contributed by atoms with Crippen molar-refractivity contribution in [2.75, 3.05) is 5.32 Å². The third kappa shape index (κ3) is 5.27. The Balaban J connectivity index is 1.86. The second kappa shape index (κ2) is 9.13. The number of hydrogen-bond donors (Lipinski definition) is 1. The second-order valence-corrected chi connectivity index (χ2v) is 7.28. The van der Waals surface area contributed by atoms with Gasteiger partial charge in [-0.15, -0.1) is 0 Å². The van der Waals surface area contributed by atoms with Crippen LogP contribution in [0.5, 0.6) is 0 Å². The molecule has 0 aliphatic carbocycles. The number of nitro benzene ring substituents is 1. The molecule has 0 radical (unpaired) electrons. The van der Waals surface area contributed by atoms with Gasteiger partial charge in [0.25, 0.3) is 5.69 Å². The zero-order valence-electron chi connectivity index (χ0n) is 15.2. The van der Waals surface area contributed by atoms with Crippen molar-refractivity contribution in [1.29, 1.82) is 5.26 Å². The number of benzene rings is 3. The molecular weight excluding hydrogens is 434 g/mol. The van der Waals surface area contributed by atoms with E-state index < -0.39 is 4.92 Å². The number of carbonyl (C=O) groups is 1. The van der Waals surface area contributed by atoms with Crippen molar-refractivity contribution in [3.8, 4) is 6.07 Å². The van der Waals surface area contributed by atoms with E-state index in [1.165, 1.54) is 12.1 Å². The Bertz CT molecular complexity index is 1060. The van der Waals surface area contributed by atoms with Crippen molar-refractivity contribution in [3.05, 3.63) is 104 Å². The topological polar surface area (TPSA) is 96.0 Å². The van der Waals surface area contributed by atoms with Gasteiger partial charge in [-0.2, -0.15) is 5.26 Å². The number of carbonyl (C=O) groups excluding carboxylic acids is 1. The number of anilines is 1. The molecule has 0 amide bonds. The Morgan fingerprint density at radius 3 is 2.21 bits per heavy atom. The lowest BCUT2D eigenvalue weighted by atomic mass is 9.97. The van der Waals surface area contributed by atoms with Gasteiger partial charge in [0.1, 0.15) is 0 Å². The quantitative estimate of drug-likeness (QED) is 0.285. The third-order valence-corrected chi connectivity index (χ3v) is 4.95. The number of ketones is 1. The number of nitrogens with one attached hydrogen (secondary N) is 1. The number of nitro groups is 1. The minimum Gasteiger partial charge on any atom is -0.378 e. The van der Waals surface area contributed by atoms with Crippen LogP contribution in [-0.4, -0.2) is 10.7 Å². The SMILES string of the molecule is N#Cc1ccc(C(CC(=O)c2ccc(Br)cc2)Nc2ccc([N+](=O)[O-])cc2)cc1. The average molecular weight is 450 g/mol. The number of non-ortho nitro benzene ring substituents is 1. The summed E-state index contributed by atoms with van der Waals surface area (Å²) in [5, 5.41) is 23.1. The van der Waals surface area contributed by atoms with Crippen molar-refractivity contribution < 1.29 is 9.72 Å². The first-order chi connectivity index (χ1) is 14.0. The van der Waals surface area contributed by atoms with Crippen molar-refractivity contribution in [2.24, 2.45) is 0 Å². The zero-order valence-corrected chi connectivity index (χ0v) is 16.8. The molecule has 0 saturated heterocycles. The highest BCUT2D eigenvalue weighted by molar-refractivity contribution is 9.10. The van der Waals surface area contributed by atoms with E-state index in [2.05, 4.69) is 27.3 Å². The lowest BCUT2D eigenvalue weighted by molar-refractivity contribution is -0.384. The van der Waals surface area contributed by atoms with E-state index in [9.17, 15) is 14.9 Å². The highest BCUT2D eigenvalue weighted by atomic mass is 79.9. The Hall–Kier alpha value is -3.50. The van der Waals surface area contributed by atoms with Crippen LogP contribution in [0.15, 0.2) is 77.3 Å². The Labute approximate surface area is 176 Å². The molecule has 0 bridgehead atoms. The first-order valence-corrected chi connectivity index (χ1v) is 9.55. The van der Waals surface area contributed by atoms with Crippen LogP contribution < -0.4 is 5.32 Å². The number of Topliss-reactive ketones (excluding diaryl/α,β-unsaturated/α-hetero) is 1. The van der Waals surface area contributed by atoms with E-state index >= 15 is 0 Å². The molecule has 3 rings (SSSR count). The molecule has 6 nitrogen and oxygen atoms in total. The van der Waals surface area contributed by atoms with Gasteiger partial charge >= 0.3 is 0 Å². The Morgan fingerprint density at radius 1 is 1.03 bits per heavy atom. The van der Waals surface area contributed by atoms with Gasteiger partial charge < -0.3 is 5.32 Å². The number of nitrogens with zero attached hydrogens (tertiary/aromatic N) is 2. The molecule has 0 heterocycles. The van der Waals surface area contributed by atoms with Crippen molar-refractivity contribution in [1.82, 2.24) is 0 Å². The molecule has 0 aromatic heterocycles. The summed E-state index contributed by atoms with van der Waals surface area (Å²) in [5.41, 5.74) is 2.62. The normalized spacial score (nSPS) is 11.3. The molecule has 0 spiro atoms. The van der Waals surface area contributed by atoms with Crippen LogP contribution in [0.1, 0.15) is 33.9 Å². The maximum Gasteiger partial charge on any atom is 0.269 e. The van der Waals surface area contributed by atoms with Crippen molar-refractivity contribution >= 4 is 33.1 Å². The highest BCUT2D eigenvalue weighted by Crippen LogP contribution is 2.26. The molecule has 1 unspecified atom stereocenters. The summed E-state index contributed by atoms with van der Waals surface area (Å²) in [6, 6.07) is 21.9. The molecular formula is C22H16BrN3O3. The summed E-state index contributed by atoms with van der Waals surface area (Å²) in [7, 11) is 0. The van der Waals surface area contributed by atoms with Crippen LogP contribution in [0.25, 0.3) is 0 Å². The van der Waals surface area contributed by atoms with Crippen LogP contribution in [0, 0.1) is 21.4 Å². The van der Waals surface area contributed by atoms with E-state index in [-0.39, 0.29) is 23.9 Å². The van der Waals surface area contributed by atoms with Gasteiger partial charge in [-0.25, -0.2) is 0 Å². The minimum atomic E-state index is -0.459. The van der Waals surface area contributed by atoms with Crippen LogP contribution in [0.3, 0.4) is 0 Å². The van der Waals surface area contributed by atoms with Crippen LogP contribution >= 0.6 is 15.9 Å². The average Bonchev–Trinajstić information content (AvgIpc) is 2.74. The van der Waals surface area contributed by atoms with Crippen LogP contribution in [0.2, 0.25) is 0 Å². The first kappa shape index (κ1) is 20.2. The molecule has 1 atom stereocenters. The fourth-order valence-corrected chi connectivity index (χ4v) is 3.13. The van der Waals surface area contributed by atoms with Crippen molar-refractivity contribution in [3.63, 3.8) is 0 Å². The number of rotatable bonds is 7. The van der Waals surface area contributed by atoms with Gasteiger partial charge in [-0.1, -0.05) is 40.2 Å². The molecule has 3 aromatic rings. The monoisotopic (exact) mass is 449 g/mol. The van der Waals surface area contributed by atoms with Gasteiger partial charge in [0, 0.05) is 34.3 Å². The van der Waals surface area contributed by atoms with Crippen LogP contribution in [-0.2, 0) is 0 Å². The molecule has 0 aliphatic rings. The molecule has 7 heteroatoms. The van der Waals surface area contributed by atoms with E-state index in [4.69, 9.17) is 5.26 Å². The molecule has 29 heavy (non-hydrogen) atoms. The van der Waals surface area contributed by atoms with Gasteiger partial charge in [-0.05, 0) is 42.0 Å². The minimum absolute atomic E-state index is 0.00332. The largest absolute Gasteiger partial charge is 0.378 e. The van der Waals surface area contributed by atoms with Crippen LogP contribution in [0.4, 0.5) is 11.4 Å². The van der Waals surface area contributed by atoms with E-state index in [1.54, 1.807) is 48.5 Å². The number of halogens is 1. The van der Waals surface area contributed by atoms with E-state index in [0.29, 0.717) is 16.8 Å². The van der Waals surface area contributed by atoms with Gasteiger partial charge in [-0.3, -0.25) is 14.9 Å². The van der Waals surface area contributed by atoms with Crippen molar-refractivity contribution in [2.45, 2.75) is 12.5 Å². The second-order valence-electron chi connectivity index (χ2n) is 6.37. The van der Waals surface area contributed by atoms with E-state index in [0.717, 1.165) is 10.0 Å². The van der Waals surface area contributed by atoms with Gasteiger partial charge in [0.15, 0.2) is 5.78 Å². The predicted octanol–water partition coefficient (Wildman–Crippen LogP) is 5.66.